The summed E-state index contributed by atoms with van der Waals surface area (Å²) in [5.74, 6) is 1.43. The summed E-state index contributed by atoms with van der Waals surface area (Å²) in [5.41, 5.74) is 0.966. The Morgan fingerprint density at radius 1 is 1.50 bits per heavy atom. The fourth-order valence-corrected chi connectivity index (χ4v) is 2.47. The van der Waals surface area contributed by atoms with Crippen LogP contribution in [-0.4, -0.2) is 39.6 Å². The maximum absolute atomic E-state index is 12.6. The summed E-state index contributed by atoms with van der Waals surface area (Å²) >= 11 is 0. The summed E-state index contributed by atoms with van der Waals surface area (Å²) in [7, 11) is 1.78. The van der Waals surface area contributed by atoms with Gasteiger partial charge in [-0.05, 0) is 12.5 Å². The first-order chi connectivity index (χ1) is 9.75. The third-order valence-electron chi connectivity index (χ3n) is 3.48. The fourth-order valence-electron chi connectivity index (χ4n) is 2.47. The van der Waals surface area contributed by atoms with Gasteiger partial charge in [0.2, 0.25) is 5.91 Å². The number of fused-ring (bicyclic) bond motifs is 1. The SMILES string of the molecule is CN(Cc1ncn[nH]1)C(=O)C1CCOc2ccccc21. The quantitative estimate of drug-likeness (QED) is 0.915. The maximum atomic E-state index is 12.6. The standard InChI is InChI=1S/C14H16N4O2/c1-18(8-13-15-9-16-17-13)14(19)11-6-7-20-12-5-3-2-4-10(11)12/h2-5,9,11H,6-8H2,1H3,(H,15,16,17). The molecule has 2 heterocycles. The molecule has 0 bridgehead atoms. The molecule has 1 amide bonds. The second-order valence-corrected chi connectivity index (χ2v) is 4.85. The number of nitrogens with zero attached hydrogens (tertiary/aromatic N) is 3. The van der Waals surface area contributed by atoms with Crippen molar-refractivity contribution < 1.29 is 9.53 Å². The number of rotatable bonds is 3. The number of aromatic nitrogens is 3. The number of aromatic amines is 1. The first-order valence-electron chi connectivity index (χ1n) is 6.56. The van der Waals surface area contributed by atoms with Crippen molar-refractivity contribution in [2.24, 2.45) is 0 Å². The van der Waals surface area contributed by atoms with E-state index in [0.717, 1.165) is 11.3 Å². The molecular weight excluding hydrogens is 256 g/mol. The van der Waals surface area contributed by atoms with Gasteiger partial charge >= 0.3 is 0 Å². The van der Waals surface area contributed by atoms with Crippen LogP contribution in [0.15, 0.2) is 30.6 Å². The molecule has 2 aromatic rings. The average Bonchev–Trinajstić information content (AvgIpc) is 2.99. The maximum Gasteiger partial charge on any atom is 0.230 e. The van der Waals surface area contributed by atoms with Gasteiger partial charge in [0.05, 0.1) is 19.1 Å². The molecule has 1 N–H and O–H groups in total. The highest BCUT2D eigenvalue weighted by Gasteiger charge is 2.29. The van der Waals surface area contributed by atoms with E-state index in [1.807, 2.05) is 24.3 Å². The number of nitrogens with one attached hydrogen (secondary N) is 1. The lowest BCUT2D eigenvalue weighted by atomic mass is 9.92. The van der Waals surface area contributed by atoms with E-state index in [0.29, 0.717) is 25.4 Å². The van der Waals surface area contributed by atoms with Crippen LogP contribution in [0, 0.1) is 0 Å². The van der Waals surface area contributed by atoms with Gasteiger partial charge in [0.25, 0.3) is 0 Å². The Labute approximate surface area is 116 Å². The lowest BCUT2D eigenvalue weighted by molar-refractivity contribution is -0.132. The normalized spacial score (nSPS) is 17.1. The van der Waals surface area contributed by atoms with Crippen LogP contribution in [0.1, 0.15) is 23.7 Å². The van der Waals surface area contributed by atoms with Gasteiger partial charge in [-0.2, -0.15) is 5.10 Å². The Kier molecular flexibility index (Phi) is 3.37. The van der Waals surface area contributed by atoms with E-state index in [1.54, 1.807) is 11.9 Å². The van der Waals surface area contributed by atoms with Crippen molar-refractivity contribution in [1.29, 1.82) is 0 Å². The Morgan fingerprint density at radius 2 is 2.35 bits per heavy atom. The van der Waals surface area contributed by atoms with Gasteiger partial charge < -0.3 is 9.64 Å². The number of hydrogen-bond donors (Lipinski definition) is 1. The number of likely N-dealkylation sites (N-methyl/N-ethyl adjacent to an activating group) is 1. The number of carbonyl (C=O) groups is 1. The van der Waals surface area contributed by atoms with Crippen molar-refractivity contribution in [2.75, 3.05) is 13.7 Å². The van der Waals surface area contributed by atoms with E-state index < -0.39 is 0 Å². The van der Waals surface area contributed by atoms with Gasteiger partial charge in [-0.1, -0.05) is 18.2 Å². The van der Waals surface area contributed by atoms with E-state index in [4.69, 9.17) is 4.74 Å². The van der Waals surface area contributed by atoms with Gasteiger partial charge in [0, 0.05) is 12.6 Å². The minimum absolute atomic E-state index is 0.0807. The van der Waals surface area contributed by atoms with Crippen molar-refractivity contribution in [3.8, 4) is 5.75 Å². The van der Waals surface area contributed by atoms with Gasteiger partial charge in [0.15, 0.2) is 0 Å². The zero-order valence-electron chi connectivity index (χ0n) is 11.2. The highest BCUT2D eigenvalue weighted by molar-refractivity contribution is 5.84. The summed E-state index contributed by atoms with van der Waals surface area (Å²) in [5, 5.41) is 6.55. The predicted octanol–water partition coefficient (Wildman–Crippen LogP) is 1.33. The third kappa shape index (κ3) is 2.36. The van der Waals surface area contributed by atoms with Gasteiger partial charge in [-0.3, -0.25) is 9.89 Å². The topological polar surface area (TPSA) is 71.1 Å². The minimum atomic E-state index is -0.145. The Hall–Kier alpha value is -2.37. The first-order valence-corrected chi connectivity index (χ1v) is 6.56. The van der Waals surface area contributed by atoms with Crippen LogP contribution < -0.4 is 4.74 Å². The fraction of sp³-hybridized carbons (Fsp3) is 0.357. The Balaban J connectivity index is 1.77. The second-order valence-electron chi connectivity index (χ2n) is 4.85. The number of ether oxygens (including phenoxy) is 1. The van der Waals surface area contributed by atoms with Crippen LogP contribution in [-0.2, 0) is 11.3 Å². The lowest BCUT2D eigenvalue weighted by Crippen LogP contribution is -2.34. The molecule has 0 saturated carbocycles. The molecule has 1 unspecified atom stereocenters. The number of hydrogen-bond acceptors (Lipinski definition) is 4. The van der Waals surface area contributed by atoms with E-state index in [9.17, 15) is 4.79 Å². The van der Waals surface area contributed by atoms with E-state index in [1.165, 1.54) is 6.33 Å². The predicted molar refractivity (Wildman–Crippen MR) is 72.2 cm³/mol. The van der Waals surface area contributed by atoms with Crippen molar-refractivity contribution in [3.63, 3.8) is 0 Å². The molecule has 0 aliphatic carbocycles. The van der Waals surface area contributed by atoms with Crippen LogP contribution in [0.3, 0.4) is 0 Å². The minimum Gasteiger partial charge on any atom is -0.493 e. The van der Waals surface area contributed by atoms with Crippen molar-refractivity contribution in [2.45, 2.75) is 18.9 Å². The summed E-state index contributed by atoms with van der Waals surface area (Å²) < 4.78 is 5.59. The molecule has 6 heteroatoms. The van der Waals surface area contributed by atoms with Crippen molar-refractivity contribution >= 4 is 5.91 Å². The average molecular weight is 272 g/mol. The molecular formula is C14H16N4O2. The Morgan fingerprint density at radius 3 is 3.15 bits per heavy atom. The van der Waals surface area contributed by atoms with Crippen LogP contribution in [0.25, 0.3) is 0 Å². The molecule has 20 heavy (non-hydrogen) atoms. The van der Waals surface area contributed by atoms with Crippen LogP contribution >= 0.6 is 0 Å². The number of benzene rings is 1. The van der Waals surface area contributed by atoms with E-state index >= 15 is 0 Å². The van der Waals surface area contributed by atoms with Gasteiger partial charge in [-0.25, -0.2) is 4.98 Å². The monoisotopic (exact) mass is 272 g/mol. The van der Waals surface area contributed by atoms with Crippen LogP contribution in [0.5, 0.6) is 5.75 Å². The molecule has 1 atom stereocenters. The van der Waals surface area contributed by atoms with Crippen molar-refractivity contribution in [1.82, 2.24) is 20.1 Å². The molecule has 1 aliphatic heterocycles. The Bertz CT molecular complexity index is 597. The number of amides is 1. The molecule has 1 aromatic carbocycles. The highest BCUT2D eigenvalue weighted by atomic mass is 16.5. The molecule has 0 saturated heterocycles. The number of H-pyrrole nitrogens is 1. The molecule has 0 fully saturated rings. The molecule has 1 aromatic heterocycles. The van der Waals surface area contributed by atoms with Gasteiger partial charge in [0.1, 0.15) is 17.9 Å². The summed E-state index contributed by atoms with van der Waals surface area (Å²) in [4.78, 5) is 18.3. The summed E-state index contributed by atoms with van der Waals surface area (Å²) in [6.45, 7) is 1.00. The zero-order chi connectivity index (χ0) is 13.9. The smallest absolute Gasteiger partial charge is 0.230 e. The van der Waals surface area contributed by atoms with Crippen LogP contribution in [0.2, 0.25) is 0 Å². The molecule has 3 rings (SSSR count). The summed E-state index contributed by atoms with van der Waals surface area (Å²) in [6, 6.07) is 7.72. The van der Waals surface area contributed by atoms with Gasteiger partial charge in [-0.15, -0.1) is 0 Å². The second kappa shape index (κ2) is 5.32. The zero-order valence-corrected chi connectivity index (χ0v) is 11.2. The highest BCUT2D eigenvalue weighted by Crippen LogP contribution is 2.34. The number of carbonyl (C=O) groups excluding carboxylic acids is 1. The first kappa shape index (κ1) is 12.7. The summed E-state index contributed by atoms with van der Waals surface area (Å²) in [6.07, 6.45) is 2.15. The molecule has 0 spiro atoms. The van der Waals surface area contributed by atoms with E-state index in [2.05, 4.69) is 15.2 Å². The molecule has 1 aliphatic rings. The van der Waals surface area contributed by atoms with Crippen LogP contribution in [0.4, 0.5) is 0 Å². The lowest BCUT2D eigenvalue weighted by Gasteiger charge is -2.28. The molecule has 104 valence electrons. The van der Waals surface area contributed by atoms with Crippen molar-refractivity contribution in [3.05, 3.63) is 42.0 Å². The molecule has 0 radical (unpaired) electrons. The number of para-hydroxylation sites is 1. The largest absolute Gasteiger partial charge is 0.493 e. The third-order valence-corrected chi connectivity index (χ3v) is 3.48. The molecule has 6 nitrogen and oxygen atoms in total. The van der Waals surface area contributed by atoms with E-state index in [-0.39, 0.29) is 11.8 Å².